The van der Waals surface area contributed by atoms with E-state index in [1.807, 2.05) is 0 Å². The Morgan fingerprint density at radius 1 is 1.39 bits per heavy atom. The van der Waals surface area contributed by atoms with Crippen LogP contribution in [-0.2, 0) is 0 Å². The maximum absolute atomic E-state index is 12.8. The van der Waals surface area contributed by atoms with E-state index in [-0.39, 0.29) is 18.2 Å². The molecular formula is C13H18Cl2FNO. The first-order chi connectivity index (χ1) is 8.25. The van der Waals surface area contributed by atoms with Crippen LogP contribution in [0.25, 0.3) is 0 Å². The number of rotatable bonds is 4. The van der Waals surface area contributed by atoms with Crippen LogP contribution < -0.4 is 10.1 Å². The maximum atomic E-state index is 12.8. The molecule has 1 aliphatic rings. The third-order valence-electron chi connectivity index (χ3n) is 3.03. The average molecular weight is 294 g/mol. The first-order valence-corrected chi connectivity index (χ1v) is 6.45. The van der Waals surface area contributed by atoms with Crippen molar-refractivity contribution >= 4 is 24.0 Å². The molecule has 1 aromatic carbocycles. The lowest BCUT2D eigenvalue weighted by Gasteiger charge is -2.23. The molecule has 102 valence electrons. The predicted molar refractivity (Wildman–Crippen MR) is 74.4 cm³/mol. The Bertz CT molecular complexity index is 370. The summed E-state index contributed by atoms with van der Waals surface area (Å²) in [4.78, 5) is 0. The van der Waals surface area contributed by atoms with Crippen LogP contribution >= 0.6 is 24.0 Å². The molecule has 0 bridgehead atoms. The van der Waals surface area contributed by atoms with Gasteiger partial charge in [0, 0.05) is 6.04 Å². The van der Waals surface area contributed by atoms with Crippen LogP contribution in [0.1, 0.15) is 25.7 Å². The van der Waals surface area contributed by atoms with Crippen molar-refractivity contribution in [2.24, 2.45) is 0 Å². The summed E-state index contributed by atoms with van der Waals surface area (Å²) in [6, 6.07) is 4.75. The quantitative estimate of drug-likeness (QED) is 0.911. The molecule has 1 atom stereocenters. The molecular weight excluding hydrogens is 276 g/mol. The Morgan fingerprint density at radius 3 is 2.89 bits per heavy atom. The van der Waals surface area contributed by atoms with E-state index in [9.17, 15) is 4.39 Å². The number of halogens is 3. The van der Waals surface area contributed by atoms with Gasteiger partial charge in [-0.3, -0.25) is 0 Å². The molecule has 0 aliphatic carbocycles. The first kappa shape index (κ1) is 15.5. The van der Waals surface area contributed by atoms with Gasteiger partial charge in [0.25, 0.3) is 0 Å². The third-order valence-corrected chi connectivity index (χ3v) is 3.33. The van der Waals surface area contributed by atoms with E-state index in [1.165, 1.54) is 31.4 Å². The molecule has 5 heteroatoms. The zero-order chi connectivity index (χ0) is 12.1. The fraction of sp³-hybridized carbons (Fsp3) is 0.538. The minimum absolute atomic E-state index is 0. The van der Waals surface area contributed by atoms with Crippen LogP contribution in [0, 0.1) is 5.82 Å². The predicted octanol–water partition coefficient (Wildman–Crippen LogP) is 3.81. The van der Waals surface area contributed by atoms with Crippen molar-refractivity contribution in [3.8, 4) is 5.75 Å². The van der Waals surface area contributed by atoms with E-state index in [0.717, 1.165) is 13.0 Å². The van der Waals surface area contributed by atoms with Gasteiger partial charge in [0.1, 0.15) is 11.6 Å². The molecule has 2 nitrogen and oxygen atoms in total. The molecule has 0 spiro atoms. The summed E-state index contributed by atoms with van der Waals surface area (Å²) in [6.07, 6.45) is 4.73. The minimum Gasteiger partial charge on any atom is -0.492 e. The van der Waals surface area contributed by atoms with Crippen molar-refractivity contribution in [2.75, 3.05) is 13.2 Å². The highest BCUT2D eigenvalue weighted by Crippen LogP contribution is 2.25. The zero-order valence-corrected chi connectivity index (χ0v) is 11.7. The highest BCUT2D eigenvalue weighted by molar-refractivity contribution is 6.32. The van der Waals surface area contributed by atoms with E-state index in [4.69, 9.17) is 16.3 Å². The monoisotopic (exact) mass is 293 g/mol. The molecule has 0 aromatic heterocycles. The van der Waals surface area contributed by atoms with E-state index >= 15 is 0 Å². The van der Waals surface area contributed by atoms with Crippen molar-refractivity contribution in [3.63, 3.8) is 0 Å². The first-order valence-electron chi connectivity index (χ1n) is 6.07. The van der Waals surface area contributed by atoms with Gasteiger partial charge >= 0.3 is 0 Å². The van der Waals surface area contributed by atoms with Gasteiger partial charge in [0.15, 0.2) is 0 Å². The highest BCUT2D eigenvalue weighted by atomic mass is 35.5. The van der Waals surface area contributed by atoms with Crippen molar-refractivity contribution in [1.82, 2.24) is 5.32 Å². The molecule has 0 saturated carbocycles. The molecule has 1 fully saturated rings. The van der Waals surface area contributed by atoms with Crippen LogP contribution in [0.2, 0.25) is 5.02 Å². The molecule has 1 saturated heterocycles. The number of ether oxygens (including phenoxy) is 1. The normalized spacial score (nSPS) is 19.1. The Hall–Kier alpha value is -0.510. The lowest BCUT2D eigenvalue weighted by Crippen LogP contribution is -2.35. The molecule has 1 aliphatic heterocycles. The fourth-order valence-corrected chi connectivity index (χ4v) is 2.30. The summed E-state index contributed by atoms with van der Waals surface area (Å²) < 4.78 is 18.4. The smallest absolute Gasteiger partial charge is 0.138 e. The molecule has 2 rings (SSSR count). The second kappa shape index (κ2) is 7.82. The highest BCUT2D eigenvalue weighted by Gasteiger charge is 2.12. The maximum Gasteiger partial charge on any atom is 0.138 e. The van der Waals surface area contributed by atoms with Gasteiger partial charge in [-0.15, -0.1) is 12.4 Å². The number of benzene rings is 1. The van der Waals surface area contributed by atoms with E-state index in [2.05, 4.69) is 5.32 Å². The number of hydrogen-bond acceptors (Lipinski definition) is 2. The number of nitrogens with one attached hydrogen (secondary N) is 1. The Kier molecular flexibility index (Phi) is 6.76. The molecule has 1 unspecified atom stereocenters. The Balaban J connectivity index is 0.00000162. The van der Waals surface area contributed by atoms with Gasteiger partial charge in [0.05, 0.1) is 11.6 Å². The van der Waals surface area contributed by atoms with Gasteiger partial charge < -0.3 is 10.1 Å². The number of hydrogen-bond donors (Lipinski definition) is 1. The Labute approximate surface area is 118 Å². The van der Waals surface area contributed by atoms with Crippen LogP contribution in [-0.4, -0.2) is 19.2 Å². The van der Waals surface area contributed by atoms with Crippen molar-refractivity contribution < 1.29 is 9.13 Å². The average Bonchev–Trinajstić information content (AvgIpc) is 2.33. The standard InChI is InChI=1S/C13H17ClFNO.ClH/c14-12-9-10(15)4-5-13(12)17-8-6-11-3-1-2-7-16-11;/h4-5,9,11,16H,1-3,6-8H2;1H. The molecule has 0 radical (unpaired) electrons. The summed E-state index contributed by atoms with van der Waals surface area (Å²) in [5.41, 5.74) is 0. The van der Waals surface area contributed by atoms with Crippen molar-refractivity contribution in [3.05, 3.63) is 29.0 Å². The van der Waals surface area contributed by atoms with Crippen molar-refractivity contribution in [1.29, 1.82) is 0 Å². The van der Waals surface area contributed by atoms with Gasteiger partial charge in [-0.25, -0.2) is 4.39 Å². The minimum atomic E-state index is -0.337. The molecule has 1 aromatic rings. The van der Waals surface area contributed by atoms with Crippen LogP contribution in [0.4, 0.5) is 4.39 Å². The SMILES string of the molecule is Cl.Fc1ccc(OCCC2CCCCN2)c(Cl)c1. The molecule has 18 heavy (non-hydrogen) atoms. The number of piperidine rings is 1. The lowest BCUT2D eigenvalue weighted by molar-refractivity contribution is 0.268. The lowest BCUT2D eigenvalue weighted by atomic mass is 10.0. The summed E-state index contributed by atoms with van der Waals surface area (Å²) in [5, 5.41) is 3.79. The fourth-order valence-electron chi connectivity index (χ4n) is 2.07. The van der Waals surface area contributed by atoms with Crippen LogP contribution in [0.5, 0.6) is 5.75 Å². The van der Waals surface area contributed by atoms with E-state index in [0.29, 0.717) is 23.4 Å². The van der Waals surface area contributed by atoms with Crippen LogP contribution in [0.3, 0.4) is 0 Å². The van der Waals surface area contributed by atoms with E-state index in [1.54, 1.807) is 6.07 Å². The summed E-state index contributed by atoms with van der Waals surface area (Å²) in [7, 11) is 0. The molecule has 1 heterocycles. The topological polar surface area (TPSA) is 21.3 Å². The second-order valence-electron chi connectivity index (χ2n) is 4.36. The largest absolute Gasteiger partial charge is 0.492 e. The van der Waals surface area contributed by atoms with Crippen LogP contribution in [0.15, 0.2) is 18.2 Å². The van der Waals surface area contributed by atoms with Gasteiger partial charge in [-0.2, -0.15) is 0 Å². The van der Waals surface area contributed by atoms with Gasteiger partial charge in [0.2, 0.25) is 0 Å². The van der Waals surface area contributed by atoms with Crippen molar-refractivity contribution in [2.45, 2.75) is 31.7 Å². The summed E-state index contributed by atoms with van der Waals surface area (Å²) in [6.45, 7) is 1.71. The second-order valence-corrected chi connectivity index (χ2v) is 4.77. The summed E-state index contributed by atoms with van der Waals surface area (Å²) >= 11 is 5.87. The van der Waals surface area contributed by atoms with E-state index < -0.39 is 0 Å². The third kappa shape index (κ3) is 4.63. The van der Waals surface area contributed by atoms with Gasteiger partial charge in [-0.1, -0.05) is 18.0 Å². The summed E-state index contributed by atoms with van der Waals surface area (Å²) in [5.74, 6) is 0.222. The zero-order valence-electron chi connectivity index (χ0n) is 10.1. The Morgan fingerprint density at radius 2 is 2.22 bits per heavy atom. The molecule has 0 amide bonds. The van der Waals surface area contributed by atoms with Gasteiger partial charge in [-0.05, 0) is 44.0 Å². The molecule has 1 N–H and O–H groups in total.